The number of amides is 1. The molecule has 3 fully saturated rings. The second-order valence-corrected chi connectivity index (χ2v) is 8.61. The van der Waals surface area contributed by atoms with Crippen LogP contribution in [0.2, 0.25) is 0 Å². The first-order valence-electron chi connectivity index (χ1n) is 9.81. The Hall–Kier alpha value is -0.610. The molecule has 0 aromatic carbocycles. The summed E-state index contributed by atoms with van der Waals surface area (Å²) in [5, 5.41) is 3.29. The van der Waals surface area contributed by atoms with E-state index >= 15 is 0 Å². The lowest BCUT2D eigenvalue weighted by molar-refractivity contribution is -0.128. The number of nitrogens with zero attached hydrogens (tertiary/aromatic N) is 1. The fourth-order valence-electron chi connectivity index (χ4n) is 5.25. The van der Waals surface area contributed by atoms with Crippen molar-refractivity contribution in [3.8, 4) is 0 Å². The van der Waals surface area contributed by atoms with E-state index in [0.717, 1.165) is 25.3 Å². The van der Waals surface area contributed by atoms with Crippen LogP contribution < -0.4 is 11.1 Å². The molecule has 0 radical (unpaired) electrons. The van der Waals surface area contributed by atoms with Gasteiger partial charge in [0.05, 0.1) is 0 Å². The number of carbonyl (C=O) groups is 1. The van der Waals surface area contributed by atoms with Gasteiger partial charge in [-0.1, -0.05) is 13.3 Å². The SMILES string of the molecule is CC1CCCN(CC(C)NC(=O)C2CC3CCCC(C2)C3N)C1. The lowest BCUT2D eigenvalue weighted by Gasteiger charge is -2.43. The van der Waals surface area contributed by atoms with Gasteiger partial charge in [0, 0.05) is 31.1 Å². The molecule has 1 aliphatic heterocycles. The van der Waals surface area contributed by atoms with Gasteiger partial charge in [-0.2, -0.15) is 0 Å². The highest BCUT2D eigenvalue weighted by molar-refractivity contribution is 5.79. The molecule has 3 N–H and O–H groups in total. The van der Waals surface area contributed by atoms with E-state index in [2.05, 4.69) is 24.1 Å². The number of piperidine rings is 1. The first-order chi connectivity index (χ1) is 11.0. The van der Waals surface area contributed by atoms with Crippen LogP contribution in [0, 0.1) is 23.7 Å². The van der Waals surface area contributed by atoms with Crippen LogP contribution in [-0.2, 0) is 4.79 Å². The summed E-state index contributed by atoms with van der Waals surface area (Å²) in [5.74, 6) is 2.44. The highest BCUT2D eigenvalue weighted by Gasteiger charge is 2.40. The summed E-state index contributed by atoms with van der Waals surface area (Å²) in [6.45, 7) is 7.86. The maximum atomic E-state index is 12.7. The van der Waals surface area contributed by atoms with Gasteiger partial charge in [0.1, 0.15) is 0 Å². The largest absolute Gasteiger partial charge is 0.352 e. The van der Waals surface area contributed by atoms with Gasteiger partial charge in [0.15, 0.2) is 0 Å². The van der Waals surface area contributed by atoms with Crippen LogP contribution >= 0.6 is 0 Å². The molecule has 4 heteroatoms. The summed E-state index contributed by atoms with van der Waals surface area (Å²) >= 11 is 0. The maximum Gasteiger partial charge on any atom is 0.223 e. The van der Waals surface area contributed by atoms with E-state index in [1.165, 1.54) is 45.2 Å². The number of fused-ring (bicyclic) bond motifs is 2. The van der Waals surface area contributed by atoms with Crippen molar-refractivity contribution in [2.75, 3.05) is 19.6 Å². The van der Waals surface area contributed by atoms with E-state index in [-0.39, 0.29) is 17.9 Å². The van der Waals surface area contributed by atoms with Crippen molar-refractivity contribution in [3.63, 3.8) is 0 Å². The minimum atomic E-state index is 0.202. The molecule has 1 heterocycles. The number of likely N-dealkylation sites (tertiary alicyclic amines) is 1. The minimum Gasteiger partial charge on any atom is -0.352 e. The molecule has 1 amide bonds. The van der Waals surface area contributed by atoms with Gasteiger partial charge in [-0.3, -0.25) is 4.79 Å². The molecule has 2 saturated carbocycles. The average molecular weight is 322 g/mol. The zero-order valence-corrected chi connectivity index (χ0v) is 15.0. The third-order valence-electron chi connectivity index (χ3n) is 6.45. The molecule has 132 valence electrons. The molecule has 1 saturated heterocycles. The molecule has 4 atom stereocenters. The predicted octanol–water partition coefficient (Wildman–Crippen LogP) is 2.38. The number of hydrogen-bond acceptors (Lipinski definition) is 3. The van der Waals surface area contributed by atoms with Crippen molar-refractivity contribution in [1.82, 2.24) is 10.2 Å². The Morgan fingerprint density at radius 2 is 1.91 bits per heavy atom. The zero-order chi connectivity index (χ0) is 16.4. The fraction of sp³-hybridized carbons (Fsp3) is 0.947. The van der Waals surface area contributed by atoms with E-state index in [4.69, 9.17) is 5.73 Å². The third-order valence-corrected chi connectivity index (χ3v) is 6.45. The monoisotopic (exact) mass is 321 g/mol. The van der Waals surface area contributed by atoms with Crippen LogP contribution in [0.25, 0.3) is 0 Å². The highest BCUT2D eigenvalue weighted by atomic mass is 16.1. The molecule has 3 rings (SSSR count). The van der Waals surface area contributed by atoms with Crippen molar-refractivity contribution in [1.29, 1.82) is 0 Å². The van der Waals surface area contributed by atoms with Crippen LogP contribution in [-0.4, -0.2) is 42.5 Å². The second kappa shape index (κ2) is 7.52. The summed E-state index contributed by atoms with van der Waals surface area (Å²) in [4.78, 5) is 15.2. The first-order valence-corrected chi connectivity index (χ1v) is 9.81. The molecule has 2 bridgehead atoms. The lowest BCUT2D eigenvalue weighted by atomic mass is 9.65. The molecule has 4 unspecified atom stereocenters. The summed E-state index contributed by atoms with van der Waals surface area (Å²) in [5.41, 5.74) is 6.35. The number of nitrogens with two attached hydrogens (primary N) is 1. The quantitative estimate of drug-likeness (QED) is 0.836. The van der Waals surface area contributed by atoms with Gasteiger partial charge in [-0.15, -0.1) is 0 Å². The molecule has 2 aliphatic carbocycles. The molecule has 23 heavy (non-hydrogen) atoms. The Balaban J connectivity index is 1.47. The molecule has 0 aromatic rings. The van der Waals surface area contributed by atoms with E-state index in [0.29, 0.717) is 17.9 Å². The predicted molar refractivity (Wildman–Crippen MR) is 94.0 cm³/mol. The van der Waals surface area contributed by atoms with Gasteiger partial charge < -0.3 is 16.0 Å². The summed E-state index contributed by atoms with van der Waals surface area (Å²) in [7, 11) is 0. The Bertz CT molecular complexity index is 399. The van der Waals surface area contributed by atoms with E-state index in [1.54, 1.807) is 0 Å². The number of nitrogens with one attached hydrogen (secondary N) is 1. The van der Waals surface area contributed by atoms with Crippen LogP contribution in [0.15, 0.2) is 0 Å². The van der Waals surface area contributed by atoms with E-state index in [1.807, 2.05) is 0 Å². The third kappa shape index (κ3) is 4.27. The molecular weight excluding hydrogens is 286 g/mol. The average Bonchev–Trinajstić information content (AvgIpc) is 2.46. The maximum absolute atomic E-state index is 12.7. The van der Waals surface area contributed by atoms with Crippen molar-refractivity contribution < 1.29 is 4.79 Å². The highest BCUT2D eigenvalue weighted by Crippen LogP contribution is 2.41. The van der Waals surface area contributed by atoms with Gasteiger partial charge in [-0.05, 0) is 69.7 Å². The lowest BCUT2D eigenvalue weighted by Crippen LogP contribution is -2.51. The summed E-state index contributed by atoms with van der Waals surface area (Å²) in [6.07, 6.45) is 8.42. The van der Waals surface area contributed by atoms with Crippen LogP contribution in [0.3, 0.4) is 0 Å². The smallest absolute Gasteiger partial charge is 0.223 e. The van der Waals surface area contributed by atoms with Gasteiger partial charge in [-0.25, -0.2) is 0 Å². The van der Waals surface area contributed by atoms with E-state index in [9.17, 15) is 4.79 Å². The molecular formula is C19H35N3O. The Morgan fingerprint density at radius 3 is 2.57 bits per heavy atom. The van der Waals surface area contributed by atoms with Gasteiger partial charge in [0.2, 0.25) is 5.91 Å². The Kier molecular flexibility index (Phi) is 5.63. The number of hydrogen-bond donors (Lipinski definition) is 2. The van der Waals surface area contributed by atoms with Crippen molar-refractivity contribution in [2.45, 2.75) is 70.9 Å². The standard InChI is InChI=1S/C19H35N3O/c1-13-5-4-8-22(11-13)12-14(2)21-19(23)17-9-15-6-3-7-16(10-17)18(15)20/h13-18H,3-12,20H2,1-2H3,(H,21,23). The molecule has 4 nitrogen and oxygen atoms in total. The number of carbonyl (C=O) groups excluding carboxylic acids is 1. The van der Waals surface area contributed by atoms with Crippen LogP contribution in [0.4, 0.5) is 0 Å². The van der Waals surface area contributed by atoms with Crippen molar-refractivity contribution in [2.24, 2.45) is 29.4 Å². The minimum absolute atomic E-state index is 0.202. The van der Waals surface area contributed by atoms with Crippen LogP contribution in [0.5, 0.6) is 0 Å². The fourth-order valence-corrected chi connectivity index (χ4v) is 5.25. The number of rotatable bonds is 4. The first kappa shape index (κ1) is 17.2. The summed E-state index contributed by atoms with van der Waals surface area (Å²) < 4.78 is 0. The molecule has 3 aliphatic rings. The van der Waals surface area contributed by atoms with Gasteiger partial charge in [0.25, 0.3) is 0 Å². The van der Waals surface area contributed by atoms with Crippen molar-refractivity contribution in [3.05, 3.63) is 0 Å². The van der Waals surface area contributed by atoms with Crippen molar-refractivity contribution >= 4 is 5.91 Å². The van der Waals surface area contributed by atoms with Crippen LogP contribution in [0.1, 0.15) is 58.8 Å². The summed E-state index contributed by atoms with van der Waals surface area (Å²) in [6, 6.07) is 0.600. The van der Waals surface area contributed by atoms with Gasteiger partial charge >= 0.3 is 0 Å². The Labute approximate surface area is 141 Å². The Morgan fingerprint density at radius 1 is 1.22 bits per heavy atom. The van der Waals surface area contributed by atoms with E-state index < -0.39 is 0 Å². The zero-order valence-electron chi connectivity index (χ0n) is 15.0. The molecule has 0 aromatic heterocycles. The normalized spacial score (nSPS) is 39.7. The second-order valence-electron chi connectivity index (χ2n) is 8.61. The molecule has 0 spiro atoms. The topological polar surface area (TPSA) is 58.4 Å².